The third-order valence-corrected chi connectivity index (χ3v) is 7.03. The maximum atomic E-state index is 13.3. The van der Waals surface area contributed by atoms with Crippen molar-refractivity contribution in [3.8, 4) is 22.6 Å². The molecule has 0 spiro atoms. The molecule has 3 aromatic heterocycles. The molecule has 0 unspecified atom stereocenters. The molecule has 4 heterocycles. The van der Waals surface area contributed by atoms with E-state index in [1.807, 2.05) is 10.9 Å². The summed E-state index contributed by atoms with van der Waals surface area (Å²) in [5.41, 5.74) is 5.74. The van der Waals surface area contributed by atoms with Crippen molar-refractivity contribution in [3.05, 3.63) is 72.2 Å². The van der Waals surface area contributed by atoms with Crippen molar-refractivity contribution in [2.24, 2.45) is 0 Å². The summed E-state index contributed by atoms with van der Waals surface area (Å²) in [5.74, 6) is 0.316. The summed E-state index contributed by atoms with van der Waals surface area (Å²) in [6, 6.07) is 7.79. The van der Waals surface area contributed by atoms with E-state index in [0.29, 0.717) is 29.3 Å². The van der Waals surface area contributed by atoms with Gasteiger partial charge < -0.3 is 20.8 Å². The second-order valence-electron chi connectivity index (χ2n) is 9.97. The number of alkyl halides is 6. The number of rotatable bonds is 5. The first kappa shape index (κ1) is 27.6. The van der Waals surface area contributed by atoms with Crippen molar-refractivity contribution in [1.29, 1.82) is 0 Å². The molecule has 2 aromatic carbocycles. The zero-order valence-corrected chi connectivity index (χ0v) is 21.7. The van der Waals surface area contributed by atoms with Crippen LogP contribution in [0.4, 0.5) is 43.5 Å². The SMILES string of the molecule is Nc1ncc(-c2cnn(C3CCNCC3)c2)cc1-c1nc2ccc(Nc3cc(C(F)(F)F)cc(C(F)(F)F)c3)cc2o1. The van der Waals surface area contributed by atoms with Crippen LogP contribution in [0, 0.1) is 0 Å². The number of nitrogen functional groups attached to an aromatic ring is 1. The quantitative estimate of drug-likeness (QED) is 0.189. The number of halogens is 6. The Morgan fingerprint density at radius 1 is 0.881 bits per heavy atom. The normalized spacial score (nSPS) is 14.9. The molecule has 1 fully saturated rings. The van der Waals surface area contributed by atoms with Gasteiger partial charge in [-0.25, -0.2) is 9.97 Å². The Labute approximate surface area is 234 Å². The highest BCUT2D eigenvalue weighted by atomic mass is 19.4. The van der Waals surface area contributed by atoms with Crippen LogP contribution in [0.1, 0.15) is 30.0 Å². The van der Waals surface area contributed by atoms with E-state index in [-0.39, 0.29) is 34.7 Å². The van der Waals surface area contributed by atoms with Crippen molar-refractivity contribution in [1.82, 2.24) is 25.1 Å². The number of hydrogen-bond acceptors (Lipinski definition) is 7. The smallest absolute Gasteiger partial charge is 0.416 e. The number of fused-ring (bicyclic) bond motifs is 1. The summed E-state index contributed by atoms with van der Waals surface area (Å²) in [7, 11) is 0. The Hall–Kier alpha value is -4.59. The number of nitrogens with one attached hydrogen (secondary N) is 2. The summed E-state index contributed by atoms with van der Waals surface area (Å²) >= 11 is 0. The Morgan fingerprint density at radius 2 is 1.60 bits per heavy atom. The molecule has 4 N–H and O–H groups in total. The van der Waals surface area contributed by atoms with Crippen LogP contribution in [0.15, 0.2) is 65.5 Å². The summed E-state index contributed by atoms with van der Waals surface area (Å²) in [5, 5.41) is 10.4. The van der Waals surface area contributed by atoms with Crippen LogP contribution in [0.3, 0.4) is 0 Å². The van der Waals surface area contributed by atoms with E-state index in [9.17, 15) is 26.3 Å². The number of piperidine rings is 1. The Morgan fingerprint density at radius 3 is 2.29 bits per heavy atom. The lowest BCUT2D eigenvalue weighted by Crippen LogP contribution is -2.29. The molecule has 1 aliphatic rings. The molecule has 0 saturated carbocycles. The minimum atomic E-state index is -4.96. The molecule has 14 heteroatoms. The zero-order chi connectivity index (χ0) is 29.6. The summed E-state index contributed by atoms with van der Waals surface area (Å²) < 4.78 is 87.4. The molecular weight excluding hydrogens is 564 g/mol. The van der Waals surface area contributed by atoms with Gasteiger partial charge in [0.15, 0.2) is 5.58 Å². The van der Waals surface area contributed by atoms with Crippen molar-refractivity contribution < 1.29 is 30.8 Å². The van der Waals surface area contributed by atoms with E-state index < -0.39 is 23.5 Å². The minimum Gasteiger partial charge on any atom is -0.436 e. The van der Waals surface area contributed by atoms with Gasteiger partial charge in [-0.3, -0.25) is 4.68 Å². The third kappa shape index (κ3) is 5.62. The molecule has 6 rings (SSSR count). The van der Waals surface area contributed by atoms with Crippen molar-refractivity contribution in [2.45, 2.75) is 31.2 Å². The summed E-state index contributed by atoms with van der Waals surface area (Å²) in [4.78, 5) is 8.75. The lowest BCUT2D eigenvalue weighted by atomic mass is 10.1. The van der Waals surface area contributed by atoms with Gasteiger partial charge in [-0.1, -0.05) is 0 Å². The molecule has 5 aromatic rings. The third-order valence-electron chi connectivity index (χ3n) is 7.03. The number of nitrogens with two attached hydrogens (primary N) is 1. The van der Waals surface area contributed by atoms with Crippen LogP contribution in [-0.2, 0) is 12.4 Å². The van der Waals surface area contributed by atoms with Crippen LogP contribution in [0.5, 0.6) is 0 Å². The Balaban J connectivity index is 1.29. The summed E-state index contributed by atoms with van der Waals surface area (Å²) in [6.45, 7) is 1.86. The van der Waals surface area contributed by atoms with Crippen molar-refractivity contribution in [2.75, 3.05) is 24.1 Å². The molecule has 0 aliphatic carbocycles. The van der Waals surface area contributed by atoms with Gasteiger partial charge in [-0.2, -0.15) is 31.4 Å². The van der Waals surface area contributed by atoms with Crippen LogP contribution in [-0.4, -0.2) is 32.8 Å². The highest BCUT2D eigenvalue weighted by molar-refractivity contribution is 5.83. The number of hydrogen-bond donors (Lipinski definition) is 3. The summed E-state index contributed by atoms with van der Waals surface area (Å²) in [6.07, 6.45) is -2.65. The first-order valence-electron chi connectivity index (χ1n) is 12.9. The second kappa shape index (κ2) is 10.4. The number of benzene rings is 2. The van der Waals surface area contributed by atoms with E-state index in [1.165, 1.54) is 18.2 Å². The Kier molecular flexibility index (Phi) is 6.80. The zero-order valence-electron chi connectivity index (χ0n) is 21.7. The first-order chi connectivity index (χ1) is 19.9. The maximum Gasteiger partial charge on any atom is 0.416 e. The van der Waals surface area contributed by atoms with E-state index >= 15 is 0 Å². The van der Waals surface area contributed by atoms with Crippen LogP contribution in [0.2, 0.25) is 0 Å². The predicted molar refractivity (Wildman–Crippen MR) is 144 cm³/mol. The average molecular weight is 588 g/mol. The van der Waals surface area contributed by atoms with Crippen LogP contribution >= 0.6 is 0 Å². The molecule has 0 amide bonds. The fourth-order valence-corrected chi connectivity index (χ4v) is 4.87. The molecule has 0 radical (unpaired) electrons. The molecule has 42 heavy (non-hydrogen) atoms. The monoisotopic (exact) mass is 587 g/mol. The van der Waals surface area contributed by atoms with Crippen LogP contribution in [0.25, 0.3) is 33.7 Å². The Bertz CT molecular complexity index is 1720. The molecular formula is C28H23F6N7O. The van der Waals surface area contributed by atoms with Gasteiger partial charge in [-0.15, -0.1) is 0 Å². The maximum absolute atomic E-state index is 13.3. The van der Waals surface area contributed by atoms with E-state index in [0.717, 1.165) is 37.1 Å². The molecule has 0 atom stereocenters. The lowest BCUT2D eigenvalue weighted by molar-refractivity contribution is -0.143. The highest BCUT2D eigenvalue weighted by Crippen LogP contribution is 2.39. The van der Waals surface area contributed by atoms with Gasteiger partial charge in [0.05, 0.1) is 28.9 Å². The first-order valence-corrected chi connectivity index (χ1v) is 12.9. The van der Waals surface area contributed by atoms with Gasteiger partial charge in [0.25, 0.3) is 0 Å². The standard InChI is InChI=1S/C28H23F6N7O/c29-27(30,31)17-8-18(28(32,33)34)10-20(9-17)39-19-1-2-23-24(11-19)42-26(40-23)22-7-15(12-37-25(22)35)16-13-38-41(14-16)21-3-5-36-6-4-21/h1-2,7-14,21,36,39H,3-6H2,(H2,35,37). The van der Waals surface area contributed by atoms with E-state index in [2.05, 4.69) is 25.7 Å². The van der Waals surface area contributed by atoms with Crippen molar-refractivity contribution >= 4 is 28.3 Å². The van der Waals surface area contributed by atoms with Gasteiger partial charge >= 0.3 is 12.4 Å². The number of aromatic nitrogens is 4. The van der Waals surface area contributed by atoms with E-state index in [1.54, 1.807) is 18.5 Å². The van der Waals surface area contributed by atoms with E-state index in [4.69, 9.17) is 10.2 Å². The number of nitrogens with zero attached hydrogens (tertiary/aromatic N) is 4. The van der Waals surface area contributed by atoms with Crippen LogP contribution < -0.4 is 16.4 Å². The highest BCUT2D eigenvalue weighted by Gasteiger charge is 2.37. The second-order valence-corrected chi connectivity index (χ2v) is 9.97. The molecule has 8 nitrogen and oxygen atoms in total. The van der Waals surface area contributed by atoms with Gasteiger partial charge in [0.1, 0.15) is 11.3 Å². The fraction of sp³-hybridized carbons (Fsp3) is 0.250. The largest absolute Gasteiger partial charge is 0.436 e. The fourth-order valence-electron chi connectivity index (χ4n) is 4.87. The molecule has 218 valence electrons. The van der Waals surface area contributed by atoms with Gasteiger partial charge in [-0.05, 0) is 62.3 Å². The van der Waals surface area contributed by atoms with Gasteiger partial charge in [0, 0.05) is 41.0 Å². The molecule has 1 aliphatic heterocycles. The predicted octanol–water partition coefficient (Wildman–Crippen LogP) is 7.04. The minimum absolute atomic E-state index is 0.0716. The number of anilines is 3. The number of pyridine rings is 1. The molecule has 0 bridgehead atoms. The number of oxazole rings is 1. The lowest BCUT2D eigenvalue weighted by Gasteiger charge is -2.22. The molecule has 1 saturated heterocycles. The topological polar surface area (TPSA) is 107 Å². The average Bonchev–Trinajstić information content (AvgIpc) is 3.60. The van der Waals surface area contributed by atoms with Gasteiger partial charge in [0.2, 0.25) is 5.89 Å². The van der Waals surface area contributed by atoms with Crippen molar-refractivity contribution in [3.63, 3.8) is 0 Å².